The van der Waals surface area contributed by atoms with Gasteiger partial charge in [-0.2, -0.15) is 4.98 Å². The van der Waals surface area contributed by atoms with Gasteiger partial charge in [-0.3, -0.25) is 4.90 Å². The van der Waals surface area contributed by atoms with Crippen LogP contribution >= 0.6 is 0 Å². The molecule has 1 saturated heterocycles. The summed E-state index contributed by atoms with van der Waals surface area (Å²) in [5.41, 5.74) is 0.738. The lowest BCUT2D eigenvalue weighted by Gasteiger charge is -2.31. The predicted octanol–water partition coefficient (Wildman–Crippen LogP) is 2.06. The van der Waals surface area contributed by atoms with Crippen LogP contribution in [0.25, 0.3) is 11.5 Å². The first-order valence-electron chi connectivity index (χ1n) is 7.23. The highest BCUT2D eigenvalue weighted by Gasteiger charge is 2.20. The van der Waals surface area contributed by atoms with Crippen molar-refractivity contribution in [2.45, 2.75) is 25.4 Å². The van der Waals surface area contributed by atoms with Crippen LogP contribution in [-0.2, 0) is 6.54 Å². The summed E-state index contributed by atoms with van der Waals surface area (Å²) in [6.45, 7) is 2.73. The number of likely N-dealkylation sites (tertiary alicyclic amines) is 1. The molecule has 1 aliphatic rings. The Balaban J connectivity index is 1.66. The SMILES string of the molecule is CNC1CCCN(Cc2noc(-c3ccc(F)cc3)n2)C1. The minimum atomic E-state index is -0.273. The predicted molar refractivity (Wildman–Crippen MR) is 77.1 cm³/mol. The standard InChI is InChI=1S/C15H19FN4O/c1-17-13-3-2-8-20(9-13)10-14-18-15(21-19-14)11-4-6-12(16)7-5-11/h4-7,13,17H,2-3,8-10H2,1H3. The van der Waals surface area contributed by atoms with E-state index in [1.54, 1.807) is 12.1 Å². The Morgan fingerprint density at radius 3 is 2.95 bits per heavy atom. The van der Waals surface area contributed by atoms with Crippen LogP contribution in [0.1, 0.15) is 18.7 Å². The minimum absolute atomic E-state index is 0.273. The molecule has 1 aliphatic heterocycles. The first kappa shape index (κ1) is 14.2. The number of likely N-dealkylation sites (N-methyl/N-ethyl adjacent to an activating group) is 1. The van der Waals surface area contributed by atoms with Gasteiger partial charge >= 0.3 is 0 Å². The number of rotatable bonds is 4. The van der Waals surface area contributed by atoms with Crippen molar-refractivity contribution in [3.63, 3.8) is 0 Å². The molecular formula is C15H19FN4O. The first-order chi connectivity index (χ1) is 10.2. The highest BCUT2D eigenvalue weighted by Crippen LogP contribution is 2.18. The van der Waals surface area contributed by atoms with Gasteiger partial charge in [-0.1, -0.05) is 5.16 Å². The van der Waals surface area contributed by atoms with Crippen molar-refractivity contribution in [1.82, 2.24) is 20.4 Å². The number of nitrogens with one attached hydrogen (secondary N) is 1. The maximum atomic E-state index is 12.9. The number of nitrogens with zero attached hydrogens (tertiary/aromatic N) is 3. The van der Waals surface area contributed by atoms with Crippen LogP contribution in [-0.4, -0.2) is 41.2 Å². The topological polar surface area (TPSA) is 54.2 Å². The molecule has 112 valence electrons. The maximum Gasteiger partial charge on any atom is 0.257 e. The lowest BCUT2D eigenvalue weighted by atomic mass is 10.1. The smallest absolute Gasteiger partial charge is 0.257 e. The van der Waals surface area contributed by atoms with Crippen LogP contribution in [0.2, 0.25) is 0 Å². The highest BCUT2D eigenvalue weighted by atomic mass is 19.1. The molecule has 1 atom stereocenters. The molecule has 2 aromatic rings. The first-order valence-corrected chi connectivity index (χ1v) is 7.23. The zero-order valence-corrected chi connectivity index (χ0v) is 12.1. The molecule has 21 heavy (non-hydrogen) atoms. The van der Waals surface area contributed by atoms with E-state index in [9.17, 15) is 4.39 Å². The molecule has 5 nitrogen and oxygen atoms in total. The third kappa shape index (κ3) is 3.46. The van der Waals surface area contributed by atoms with Crippen LogP contribution in [0.4, 0.5) is 4.39 Å². The van der Waals surface area contributed by atoms with Crippen molar-refractivity contribution in [3.8, 4) is 11.5 Å². The number of hydrogen-bond donors (Lipinski definition) is 1. The van der Waals surface area contributed by atoms with E-state index >= 15 is 0 Å². The Bertz CT molecular complexity index is 584. The molecule has 1 aromatic heterocycles. The second kappa shape index (κ2) is 6.32. The highest BCUT2D eigenvalue weighted by molar-refractivity contribution is 5.52. The molecule has 3 rings (SSSR count). The van der Waals surface area contributed by atoms with Gasteiger partial charge in [0.2, 0.25) is 0 Å². The van der Waals surface area contributed by atoms with Crippen LogP contribution in [0.15, 0.2) is 28.8 Å². The van der Waals surface area contributed by atoms with E-state index in [1.807, 2.05) is 7.05 Å². The summed E-state index contributed by atoms with van der Waals surface area (Å²) in [4.78, 5) is 6.72. The third-order valence-corrected chi connectivity index (χ3v) is 3.84. The molecule has 6 heteroatoms. The maximum absolute atomic E-state index is 12.9. The quantitative estimate of drug-likeness (QED) is 0.934. The fraction of sp³-hybridized carbons (Fsp3) is 0.467. The van der Waals surface area contributed by atoms with Crippen molar-refractivity contribution in [2.75, 3.05) is 20.1 Å². The van der Waals surface area contributed by atoms with Crippen molar-refractivity contribution >= 4 is 0 Å². The summed E-state index contributed by atoms with van der Waals surface area (Å²) < 4.78 is 18.2. The third-order valence-electron chi connectivity index (χ3n) is 3.84. The molecule has 0 aliphatic carbocycles. The molecule has 0 amide bonds. The van der Waals surface area contributed by atoms with Gasteiger partial charge in [0.15, 0.2) is 5.82 Å². The van der Waals surface area contributed by atoms with Crippen LogP contribution in [0.3, 0.4) is 0 Å². The Kier molecular flexibility index (Phi) is 4.26. The number of halogens is 1. The van der Waals surface area contributed by atoms with E-state index in [0.29, 0.717) is 24.3 Å². The monoisotopic (exact) mass is 290 g/mol. The van der Waals surface area contributed by atoms with Gasteiger partial charge in [0.1, 0.15) is 5.82 Å². The average Bonchev–Trinajstić information content (AvgIpc) is 2.96. The number of piperidine rings is 1. The zero-order chi connectivity index (χ0) is 14.7. The molecule has 1 unspecified atom stereocenters. The van der Waals surface area contributed by atoms with Gasteiger partial charge in [-0.05, 0) is 50.7 Å². The largest absolute Gasteiger partial charge is 0.334 e. The molecule has 0 saturated carbocycles. The molecule has 1 aromatic carbocycles. The molecular weight excluding hydrogens is 271 g/mol. The van der Waals surface area contributed by atoms with Crippen LogP contribution < -0.4 is 5.32 Å². The van der Waals surface area contributed by atoms with E-state index in [-0.39, 0.29) is 5.82 Å². The lowest BCUT2D eigenvalue weighted by Crippen LogP contribution is -2.44. The Morgan fingerprint density at radius 2 is 2.19 bits per heavy atom. The van der Waals surface area contributed by atoms with Crippen molar-refractivity contribution in [2.24, 2.45) is 0 Å². The summed E-state index contributed by atoms with van der Waals surface area (Å²) in [6, 6.07) is 6.60. The molecule has 0 bridgehead atoms. The van der Waals surface area contributed by atoms with E-state index in [4.69, 9.17) is 4.52 Å². The van der Waals surface area contributed by atoms with E-state index < -0.39 is 0 Å². The summed E-state index contributed by atoms with van der Waals surface area (Å²) >= 11 is 0. The molecule has 0 spiro atoms. The normalized spacial score (nSPS) is 19.8. The van der Waals surface area contributed by atoms with Gasteiger partial charge in [-0.25, -0.2) is 4.39 Å². The summed E-state index contributed by atoms with van der Waals surface area (Å²) in [7, 11) is 2.00. The summed E-state index contributed by atoms with van der Waals surface area (Å²) in [6.07, 6.45) is 2.38. The van der Waals surface area contributed by atoms with E-state index in [0.717, 1.165) is 18.7 Å². The number of aromatic nitrogens is 2. The van der Waals surface area contributed by atoms with Gasteiger partial charge < -0.3 is 9.84 Å². The Hall–Kier alpha value is -1.79. The second-order valence-corrected chi connectivity index (χ2v) is 5.39. The van der Waals surface area contributed by atoms with Crippen molar-refractivity contribution in [1.29, 1.82) is 0 Å². The van der Waals surface area contributed by atoms with Gasteiger partial charge in [0, 0.05) is 18.2 Å². The van der Waals surface area contributed by atoms with Crippen molar-refractivity contribution in [3.05, 3.63) is 35.9 Å². The molecule has 0 radical (unpaired) electrons. The van der Waals surface area contributed by atoms with Gasteiger partial charge in [0.05, 0.1) is 6.54 Å². The Labute approximate surface area is 123 Å². The average molecular weight is 290 g/mol. The molecule has 1 N–H and O–H groups in total. The van der Waals surface area contributed by atoms with E-state index in [2.05, 4.69) is 20.4 Å². The lowest BCUT2D eigenvalue weighted by molar-refractivity contribution is 0.182. The number of benzene rings is 1. The fourth-order valence-electron chi connectivity index (χ4n) is 2.66. The summed E-state index contributed by atoms with van der Waals surface area (Å²) in [5.74, 6) is 0.836. The minimum Gasteiger partial charge on any atom is -0.334 e. The van der Waals surface area contributed by atoms with Gasteiger partial charge in [0.25, 0.3) is 5.89 Å². The van der Waals surface area contributed by atoms with Crippen LogP contribution in [0.5, 0.6) is 0 Å². The molecule has 2 heterocycles. The molecule has 1 fully saturated rings. The number of hydrogen-bond acceptors (Lipinski definition) is 5. The van der Waals surface area contributed by atoms with Crippen LogP contribution in [0, 0.1) is 5.82 Å². The van der Waals surface area contributed by atoms with Crippen molar-refractivity contribution < 1.29 is 8.91 Å². The second-order valence-electron chi connectivity index (χ2n) is 5.39. The summed E-state index contributed by atoms with van der Waals surface area (Å²) in [5, 5.41) is 7.33. The Morgan fingerprint density at radius 1 is 1.38 bits per heavy atom. The fourth-order valence-corrected chi connectivity index (χ4v) is 2.66. The van der Waals surface area contributed by atoms with E-state index in [1.165, 1.54) is 25.0 Å². The van der Waals surface area contributed by atoms with Gasteiger partial charge in [-0.15, -0.1) is 0 Å². The zero-order valence-electron chi connectivity index (χ0n) is 12.1.